The Kier molecular flexibility index (Phi) is 9.12. The monoisotopic (exact) mass is 421 g/mol. The van der Waals surface area contributed by atoms with Gasteiger partial charge in [0.2, 0.25) is 0 Å². The molecule has 168 valence electrons. The first-order valence-electron chi connectivity index (χ1n) is 11.3. The summed E-state index contributed by atoms with van der Waals surface area (Å²) in [5.74, 6) is 1.83. The molecule has 0 saturated carbocycles. The van der Waals surface area contributed by atoms with Crippen LogP contribution >= 0.6 is 0 Å². The lowest BCUT2D eigenvalue weighted by Gasteiger charge is -2.23. The second kappa shape index (κ2) is 11.3. The fraction of sp³-hybridized carbons (Fsp3) is 0.625. The van der Waals surface area contributed by atoms with Crippen LogP contribution in [0.15, 0.2) is 30.3 Å². The van der Waals surface area contributed by atoms with E-state index in [0.29, 0.717) is 5.92 Å². The number of aryl methyl sites for hydroxylation is 1. The number of unbranched alkanes of at least 4 members (excludes halogenated alkanes) is 1. The molecule has 4 nitrogen and oxygen atoms in total. The number of halogens is 2. The molecule has 0 amide bonds. The van der Waals surface area contributed by atoms with Gasteiger partial charge in [-0.05, 0) is 55.9 Å². The molecule has 2 aromatic rings. The smallest absolute Gasteiger partial charge is 0.394 e. The van der Waals surface area contributed by atoms with Gasteiger partial charge >= 0.3 is 6.11 Å². The highest BCUT2D eigenvalue weighted by atomic mass is 19.3. The first kappa shape index (κ1) is 24.2. The first-order chi connectivity index (χ1) is 14.3. The van der Waals surface area contributed by atoms with Crippen LogP contribution in [0.2, 0.25) is 0 Å². The molecule has 6 heteroatoms. The van der Waals surface area contributed by atoms with Crippen molar-refractivity contribution in [2.45, 2.75) is 79.3 Å². The van der Waals surface area contributed by atoms with Gasteiger partial charge in [-0.1, -0.05) is 40.5 Å². The SMILES string of the molecule is CCCCc1cc(N(CCC)CCC(C)CC)nn1-c1ccc(OC(C)(F)F)cc1. The van der Waals surface area contributed by atoms with Gasteiger partial charge in [0.25, 0.3) is 0 Å². The predicted octanol–water partition coefficient (Wildman–Crippen LogP) is 6.86. The molecule has 1 unspecified atom stereocenters. The van der Waals surface area contributed by atoms with Gasteiger partial charge in [-0.2, -0.15) is 13.9 Å². The van der Waals surface area contributed by atoms with E-state index in [9.17, 15) is 8.78 Å². The Balaban J connectivity index is 2.30. The number of rotatable bonds is 13. The van der Waals surface area contributed by atoms with Gasteiger partial charge < -0.3 is 9.64 Å². The van der Waals surface area contributed by atoms with Gasteiger partial charge in [-0.25, -0.2) is 4.68 Å². The first-order valence-corrected chi connectivity index (χ1v) is 11.3. The molecule has 30 heavy (non-hydrogen) atoms. The molecule has 1 aromatic carbocycles. The standard InChI is InChI=1S/C24H37F2N3O/c1-6-9-10-21-18-23(28(16-7-2)17-15-19(4)8-3)27-29(21)20-11-13-22(14-12-20)30-24(5,25)26/h11-14,18-19H,6-10,15-17H2,1-5H3. The van der Waals surface area contributed by atoms with Crippen LogP contribution < -0.4 is 9.64 Å². The molecule has 2 rings (SSSR count). The molecule has 0 N–H and O–H groups in total. The molecule has 1 atom stereocenters. The van der Waals surface area contributed by atoms with Crippen LogP contribution in [-0.4, -0.2) is 29.0 Å². The van der Waals surface area contributed by atoms with Crippen molar-refractivity contribution >= 4 is 5.82 Å². The number of hydrogen-bond donors (Lipinski definition) is 0. The molecule has 0 aliphatic carbocycles. The summed E-state index contributed by atoms with van der Waals surface area (Å²) in [5.41, 5.74) is 2.00. The summed E-state index contributed by atoms with van der Waals surface area (Å²) in [6, 6.07) is 8.91. The van der Waals surface area contributed by atoms with E-state index in [0.717, 1.165) is 69.3 Å². The Labute approximate surface area is 180 Å². The minimum absolute atomic E-state index is 0.148. The maximum Gasteiger partial charge on any atom is 0.394 e. The van der Waals surface area contributed by atoms with Gasteiger partial charge in [0, 0.05) is 31.8 Å². The van der Waals surface area contributed by atoms with Crippen LogP contribution in [0.1, 0.15) is 72.4 Å². The molecule has 0 fully saturated rings. The highest BCUT2D eigenvalue weighted by Gasteiger charge is 2.23. The Morgan fingerprint density at radius 2 is 1.80 bits per heavy atom. The molecule has 0 aliphatic heterocycles. The number of nitrogens with zero attached hydrogens (tertiary/aromatic N) is 3. The van der Waals surface area contributed by atoms with Crippen molar-refractivity contribution in [2.24, 2.45) is 5.92 Å². The molecule has 0 spiro atoms. The summed E-state index contributed by atoms with van der Waals surface area (Å²) < 4.78 is 32.8. The summed E-state index contributed by atoms with van der Waals surface area (Å²) in [4.78, 5) is 2.37. The largest absolute Gasteiger partial charge is 0.433 e. The third-order valence-corrected chi connectivity index (χ3v) is 5.34. The molecule has 1 heterocycles. The summed E-state index contributed by atoms with van der Waals surface area (Å²) in [6.07, 6.45) is 3.31. The van der Waals surface area contributed by atoms with E-state index in [1.807, 2.05) is 4.68 Å². The number of hydrogen-bond acceptors (Lipinski definition) is 3. The van der Waals surface area contributed by atoms with Crippen molar-refractivity contribution in [3.63, 3.8) is 0 Å². The Bertz CT molecular complexity index is 753. The summed E-state index contributed by atoms with van der Waals surface area (Å²) in [7, 11) is 0. The Morgan fingerprint density at radius 1 is 1.10 bits per heavy atom. The zero-order valence-corrected chi connectivity index (χ0v) is 19.1. The molecule has 0 radical (unpaired) electrons. The zero-order chi connectivity index (χ0) is 22.1. The van der Waals surface area contributed by atoms with Crippen LogP contribution in [0.4, 0.5) is 14.6 Å². The van der Waals surface area contributed by atoms with E-state index >= 15 is 0 Å². The number of aromatic nitrogens is 2. The average Bonchev–Trinajstić information content (AvgIpc) is 3.12. The molecule has 0 saturated heterocycles. The van der Waals surface area contributed by atoms with E-state index in [2.05, 4.69) is 43.4 Å². The van der Waals surface area contributed by atoms with E-state index in [1.165, 1.54) is 6.42 Å². The lowest BCUT2D eigenvalue weighted by atomic mass is 10.1. The minimum Gasteiger partial charge on any atom is -0.433 e. The Hall–Kier alpha value is -2.11. The van der Waals surface area contributed by atoms with Crippen molar-refractivity contribution in [3.05, 3.63) is 36.0 Å². The second-order valence-corrected chi connectivity index (χ2v) is 8.20. The van der Waals surface area contributed by atoms with Gasteiger partial charge in [-0.3, -0.25) is 0 Å². The van der Waals surface area contributed by atoms with Crippen LogP contribution in [0.5, 0.6) is 5.75 Å². The van der Waals surface area contributed by atoms with E-state index < -0.39 is 6.11 Å². The average molecular weight is 422 g/mol. The van der Waals surface area contributed by atoms with E-state index in [1.54, 1.807) is 24.3 Å². The lowest BCUT2D eigenvalue weighted by Crippen LogP contribution is -2.27. The third-order valence-electron chi connectivity index (χ3n) is 5.34. The van der Waals surface area contributed by atoms with Gasteiger partial charge in [0.1, 0.15) is 5.75 Å². The summed E-state index contributed by atoms with van der Waals surface area (Å²) >= 11 is 0. The fourth-order valence-electron chi connectivity index (χ4n) is 3.37. The van der Waals surface area contributed by atoms with E-state index in [-0.39, 0.29) is 5.75 Å². The fourth-order valence-corrected chi connectivity index (χ4v) is 3.37. The van der Waals surface area contributed by atoms with Crippen molar-refractivity contribution in [1.29, 1.82) is 0 Å². The lowest BCUT2D eigenvalue weighted by molar-refractivity contribution is -0.158. The number of alkyl halides is 2. The third kappa shape index (κ3) is 7.29. The Morgan fingerprint density at radius 3 is 2.37 bits per heavy atom. The van der Waals surface area contributed by atoms with E-state index in [4.69, 9.17) is 5.10 Å². The number of benzene rings is 1. The number of ether oxygens (including phenoxy) is 1. The number of anilines is 1. The predicted molar refractivity (Wildman–Crippen MR) is 120 cm³/mol. The second-order valence-electron chi connectivity index (χ2n) is 8.20. The van der Waals surface area contributed by atoms with Crippen molar-refractivity contribution in [1.82, 2.24) is 9.78 Å². The van der Waals surface area contributed by atoms with Gasteiger partial charge in [0.05, 0.1) is 5.69 Å². The molecule has 0 aliphatic rings. The molecular weight excluding hydrogens is 384 g/mol. The summed E-state index contributed by atoms with van der Waals surface area (Å²) in [6.45, 7) is 11.6. The van der Waals surface area contributed by atoms with Crippen molar-refractivity contribution < 1.29 is 13.5 Å². The maximum absolute atomic E-state index is 13.1. The normalized spacial score (nSPS) is 12.8. The quantitative estimate of drug-likeness (QED) is 0.354. The highest BCUT2D eigenvalue weighted by molar-refractivity contribution is 5.45. The zero-order valence-electron chi connectivity index (χ0n) is 19.1. The molecule has 1 aromatic heterocycles. The summed E-state index contributed by atoms with van der Waals surface area (Å²) in [5, 5.41) is 4.91. The van der Waals surface area contributed by atoms with Crippen LogP contribution in [0.25, 0.3) is 5.69 Å². The van der Waals surface area contributed by atoms with Gasteiger partial charge in [0.15, 0.2) is 5.82 Å². The van der Waals surface area contributed by atoms with Crippen molar-refractivity contribution in [3.8, 4) is 11.4 Å². The molecular formula is C24H37F2N3O. The van der Waals surface area contributed by atoms with Gasteiger partial charge in [-0.15, -0.1) is 0 Å². The highest BCUT2D eigenvalue weighted by Crippen LogP contribution is 2.25. The minimum atomic E-state index is -3.19. The van der Waals surface area contributed by atoms with Crippen LogP contribution in [0, 0.1) is 5.92 Å². The van der Waals surface area contributed by atoms with Crippen molar-refractivity contribution in [2.75, 3.05) is 18.0 Å². The molecule has 0 bridgehead atoms. The maximum atomic E-state index is 13.1. The topological polar surface area (TPSA) is 30.3 Å². The van der Waals surface area contributed by atoms with Crippen LogP contribution in [-0.2, 0) is 6.42 Å². The van der Waals surface area contributed by atoms with Crippen LogP contribution in [0.3, 0.4) is 0 Å².